The second kappa shape index (κ2) is 6.99. The zero-order chi connectivity index (χ0) is 18.1. The maximum atomic E-state index is 13.3. The molecule has 1 aromatic carbocycles. The van der Waals surface area contributed by atoms with E-state index in [0.29, 0.717) is 17.8 Å². The number of carbonyl (C=O) groups excluding carboxylic acids is 1. The van der Waals surface area contributed by atoms with E-state index in [0.717, 1.165) is 40.4 Å². The topological polar surface area (TPSA) is 54.0 Å². The molecule has 1 aliphatic rings. The van der Waals surface area contributed by atoms with Crippen LogP contribution in [-0.2, 0) is 6.54 Å². The third-order valence-corrected chi connectivity index (χ3v) is 5.55. The first-order chi connectivity index (χ1) is 12.6. The van der Waals surface area contributed by atoms with E-state index in [9.17, 15) is 13.6 Å². The van der Waals surface area contributed by atoms with Crippen molar-refractivity contribution >= 4 is 32.3 Å². The molecule has 2 N–H and O–H groups in total. The molecule has 0 atom stereocenters. The molecule has 0 spiro atoms. The van der Waals surface area contributed by atoms with Crippen molar-refractivity contribution in [3.63, 3.8) is 0 Å². The number of benzene rings is 1. The van der Waals surface area contributed by atoms with Crippen molar-refractivity contribution in [3.05, 3.63) is 59.4 Å². The number of nitrogens with zero attached hydrogens (tertiary/aromatic N) is 1. The Hall–Kier alpha value is -2.54. The number of nitrogens with one attached hydrogen (secondary N) is 2. The Morgan fingerprint density at radius 1 is 1.19 bits per heavy atom. The van der Waals surface area contributed by atoms with Crippen LogP contribution in [0.5, 0.6) is 0 Å². The lowest BCUT2D eigenvalue weighted by molar-refractivity contribution is 0.0914. The minimum atomic E-state index is -0.600. The summed E-state index contributed by atoms with van der Waals surface area (Å²) in [5.41, 5.74) is 0.927. The van der Waals surface area contributed by atoms with Crippen LogP contribution in [0, 0.1) is 11.6 Å². The third-order valence-electron chi connectivity index (χ3n) is 4.49. The Morgan fingerprint density at radius 2 is 1.96 bits per heavy atom. The number of carbonyl (C=O) groups is 1. The van der Waals surface area contributed by atoms with Crippen LogP contribution < -0.4 is 10.6 Å². The van der Waals surface area contributed by atoms with Gasteiger partial charge in [-0.3, -0.25) is 9.78 Å². The van der Waals surface area contributed by atoms with Gasteiger partial charge in [0.2, 0.25) is 0 Å². The zero-order valence-corrected chi connectivity index (χ0v) is 14.7. The summed E-state index contributed by atoms with van der Waals surface area (Å²) >= 11 is 1.48. The number of aromatic nitrogens is 1. The minimum Gasteiger partial charge on any atom is -0.373 e. The molecule has 3 aromatic rings. The summed E-state index contributed by atoms with van der Waals surface area (Å²) in [5.74, 6) is -1.36. The fourth-order valence-electron chi connectivity index (χ4n) is 2.94. The lowest BCUT2D eigenvalue weighted by atomic mass is 9.93. The number of hydrogen-bond donors (Lipinski definition) is 2. The van der Waals surface area contributed by atoms with E-state index in [2.05, 4.69) is 15.6 Å². The second-order valence-corrected chi connectivity index (χ2v) is 7.50. The number of amides is 1. The van der Waals surface area contributed by atoms with Gasteiger partial charge in [-0.2, -0.15) is 0 Å². The molecule has 1 fully saturated rings. The fourth-order valence-corrected chi connectivity index (χ4v) is 3.89. The van der Waals surface area contributed by atoms with E-state index in [4.69, 9.17) is 0 Å². The van der Waals surface area contributed by atoms with Gasteiger partial charge in [-0.05, 0) is 49.1 Å². The summed E-state index contributed by atoms with van der Waals surface area (Å²) in [6.07, 6.45) is 4.81. The Bertz CT molecular complexity index is 948. The first kappa shape index (κ1) is 16.9. The first-order valence-corrected chi connectivity index (χ1v) is 9.28. The highest BCUT2D eigenvalue weighted by Crippen LogP contribution is 2.32. The van der Waals surface area contributed by atoms with Crippen molar-refractivity contribution in [1.82, 2.24) is 10.3 Å². The number of halogens is 2. The maximum Gasteiger partial charge on any atom is 0.270 e. The van der Waals surface area contributed by atoms with Crippen molar-refractivity contribution in [2.45, 2.75) is 31.8 Å². The average Bonchev–Trinajstić information content (AvgIpc) is 2.98. The van der Waals surface area contributed by atoms with Crippen molar-refractivity contribution in [2.75, 3.05) is 5.32 Å². The Kier molecular flexibility index (Phi) is 4.55. The molecule has 7 heteroatoms. The normalized spacial score (nSPS) is 14.2. The molecule has 0 unspecified atom stereocenters. The Balaban J connectivity index is 1.53. The van der Waals surface area contributed by atoms with Gasteiger partial charge < -0.3 is 10.6 Å². The van der Waals surface area contributed by atoms with Crippen LogP contribution in [0.15, 0.2) is 36.5 Å². The van der Waals surface area contributed by atoms with E-state index in [-0.39, 0.29) is 11.9 Å². The van der Waals surface area contributed by atoms with Gasteiger partial charge in [0.1, 0.15) is 17.3 Å². The highest BCUT2D eigenvalue weighted by molar-refractivity contribution is 7.22. The summed E-state index contributed by atoms with van der Waals surface area (Å²) in [7, 11) is 0. The summed E-state index contributed by atoms with van der Waals surface area (Å²) in [6.45, 7) is 0.290. The number of anilines is 1. The molecule has 1 saturated carbocycles. The molecule has 26 heavy (non-hydrogen) atoms. The number of thiophene rings is 1. The van der Waals surface area contributed by atoms with Crippen LogP contribution in [0.3, 0.4) is 0 Å². The van der Waals surface area contributed by atoms with Gasteiger partial charge in [-0.15, -0.1) is 11.3 Å². The molecule has 4 nitrogen and oxygen atoms in total. The molecule has 134 valence electrons. The highest BCUT2D eigenvalue weighted by atomic mass is 32.1. The Morgan fingerprint density at radius 3 is 2.65 bits per heavy atom. The van der Waals surface area contributed by atoms with Crippen molar-refractivity contribution in [2.24, 2.45) is 0 Å². The van der Waals surface area contributed by atoms with E-state index >= 15 is 0 Å². The SMILES string of the molecule is O=C(NC1CCC1)c1nccc2sc(NCc3cc(F)cc(F)c3)cc12. The van der Waals surface area contributed by atoms with Crippen molar-refractivity contribution in [1.29, 1.82) is 0 Å². The van der Waals surface area contributed by atoms with Crippen molar-refractivity contribution < 1.29 is 13.6 Å². The number of fused-ring (bicyclic) bond motifs is 1. The van der Waals surface area contributed by atoms with E-state index in [1.165, 1.54) is 23.5 Å². The fraction of sp³-hybridized carbons (Fsp3) is 0.263. The predicted octanol–water partition coefficient (Wildman–Crippen LogP) is 4.47. The largest absolute Gasteiger partial charge is 0.373 e. The molecule has 0 radical (unpaired) electrons. The maximum absolute atomic E-state index is 13.3. The summed E-state index contributed by atoms with van der Waals surface area (Å²) in [4.78, 5) is 16.7. The van der Waals surface area contributed by atoms with Crippen LogP contribution in [0.25, 0.3) is 10.1 Å². The molecule has 4 rings (SSSR count). The summed E-state index contributed by atoms with van der Waals surface area (Å²) in [6, 6.07) is 7.40. The van der Waals surface area contributed by atoms with Crippen LogP contribution in [-0.4, -0.2) is 16.9 Å². The van der Waals surface area contributed by atoms with Crippen LogP contribution in [0.2, 0.25) is 0 Å². The lowest BCUT2D eigenvalue weighted by Gasteiger charge is -2.26. The van der Waals surface area contributed by atoms with Crippen molar-refractivity contribution in [3.8, 4) is 0 Å². The third kappa shape index (κ3) is 3.53. The predicted molar refractivity (Wildman–Crippen MR) is 98.4 cm³/mol. The number of pyridine rings is 1. The molecule has 2 heterocycles. The van der Waals surface area contributed by atoms with Crippen LogP contribution in [0.4, 0.5) is 13.8 Å². The smallest absolute Gasteiger partial charge is 0.270 e. The quantitative estimate of drug-likeness (QED) is 0.694. The van der Waals surface area contributed by atoms with Gasteiger partial charge in [0, 0.05) is 34.9 Å². The molecule has 0 saturated heterocycles. The summed E-state index contributed by atoms with van der Waals surface area (Å²) < 4.78 is 27.5. The molecule has 1 amide bonds. The van der Waals surface area contributed by atoms with Gasteiger partial charge in [-0.1, -0.05) is 0 Å². The van der Waals surface area contributed by atoms with Crippen LogP contribution >= 0.6 is 11.3 Å². The monoisotopic (exact) mass is 373 g/mol. The molecular formula is C19H17F2N3OS. The molecule has 1 aliphatic carbocycles. The van der Waals surface area contributed by atoms with Gasteiger partial charge >= 0.3 is 0 Å². The van der Waals surface area contributed by atoms with E-state index < -0.39 is 11.6 Å². The Labute approximate surface area is 153 Å². The van der Waals surface area contributed by atoms with Gasteiger partial charge in [0.25, 0.3) is 5.91 Å². The summed E-state index contributed by atoms with van der Waals surface area (Å²) in [5, 5.41) is 7.76. The van der Waals surface area contributed by atoms with Gasteiger partial charge in [0.05, 0.1) is 5.00 Å². The first-order valence-electron chi connectivity index (χ1n) is 8.47. The van der Waals surface area contributed by atoms with Crippen LogP contribution in [0.1, 0.15) is 35.3 Å². The second-order valence-electron chi connectivity index (χ2n) is 6.41. The minimum absolute atomic E-state index is 0.156. The number of hydrogen-bond acceptors (Lipinski definition) is 4. The molecule has 0 bridgehead atoms. The molecular weight excluding hydrogens is 356 g/mol. The van der Waals surface area contributed by atoms with Gasteiger partial charge in [-0.25, -0.2) is 8.78 Å². The standard InChI is InChI=1S/C19H17F2N3OS/c20-12-6-11(7-13(21)8-12)10-23-17-9-15-16(26-17)4-5-22-18(15)19(25)24-14-2-1-3-14/h4-9,14,23H,1-3,10H2,(H,24,25). The number of rotatable bonds is 5. The highest BCUT2D eigenvalue weighted by Gasteiger charge is 2.22. The molecule has 2 aromatic heterocycles. The average molecular weight is 373 g/mol. The molecule has 0 aliphatic heterocycles. The van der Waals surface area contributed by atoms with E-state index in [1.54, 1.807) is 6.20 Å². The lowest BCUT2D eigenvalue weighted by Crippen LogP contribution is -2.39. The van der Waals surface area contributed by atoms with E-state index in [1.807, 2.05) is 12.1 Å². The zero-order valence-electron chi connectivity index (χ0n) is 13.9. The van der Waals surface area contributed by atoms with Gasteiger partial charge in [0.15, 0.2) is 0 Å².